The summed E-state index contributed by atoms with van der Waals surface area (Å²) in [4.78, 5) is 12.1. The van der Waals surface area contributed by atoms with Crippen molar-refractivity contribution in [1.29, 1.82) is 0 Å². The van der Waals surface area contributed by atoms with Crippen molar-refractivity contribution >= 4 is 5.91 Å². The Bertz CT molecular complexity index is 438. The SMILES string of the molecule is COc1ccc(C(O)C(C)C(=O)NC2CCCC2)cc1. The third-order valence-electron chi connectivity index (χ3n) is 4.05. The zero-order valence-electron chi connectivity index (χ0n) is 12.1. The van der Waals surface area contributed by atoms with E-state index in [2.05, 4.69) is 5.32 Å². The van der Waals surface area contributed by atoms with Gasteiger partial charge in [0.2, 0.25) is 5.91 Å². The highest BCUT2D eigenvalue weighted by atomic mass is 16.5. The van der Waals surface area contributed by atoms with Gasteiger partial charge in [-0.05, 0) is 30.5 Å². The van der Waals surface area contributed by atoms with Crippen molar-refractivity contribution in [2.24, 2.45) is 5.92 Å². The molecular formula is C16H23NO3. The topological polar surface area (TPSA) is 58.6 Å². The first-order valence-corrected chi connectivity index (χ1v) is 7.24. The van der Waals surface area contributed by atoms with Crippen LogP contribution in [0.25, 0.3) is 0 Å². The number of hydrogen-bond acceptors (Lipinski definition) is 3. The Balaban J connectivity index is 1.95. The van der Waals surface area contributed by atoms with Gasteiger partial charge in [0, 0.05) is 6.04 Å². The first-order chi connectivity index (χ1) is 9.61. The Morgan fingerprint density at radius 2 is 1.90 bits per heavy atom. The van der Waals surface area contributed by atoms with E-state index in [9.17, 15) is 9.90 Å². The summed E-state index contributed by atoms with van der Waals surface area (Å²) in [6.07, 6.45) is 3.68. The van der Waals surface area contributed by atoms with Gasteiger partial charge in [-0.2, -0.15) is 0 Å². The molecule has 1 amide bonds. The minimum atomic E-state index is -0.790. The third kappa shape index (κ3) is 3.51. The van der Waals surface area contributed by atoms with Crippen LogP contribution in [-0.4, -0.2) is 24.2 Å². The predicted molar refractivity (Wildman–Crippen MR) is 77.5 cm³/mol. The lowest BCUT2D eigenvalue weighted by Crippen LogP contribution is -2.38. The van der Waals surface area contributed by atoms with Crippen LogP contribution in [0.1, 0.15) is 44.3 Å². The number of methoxy groups -OCH3 is 1. The molecule has 0 bridgehead atoms. The molecule has 0 aliphatic heterocycles. The average Bonchev–Trinajstić information content (AvgIpc) is 2.98. The number of carbonyl (C=O) groups is 1. The molecule has 2 rings (SSSR count). The van der Waals surface area contributed by atoms with Crippen molar-refractivity contribution < 1.29 is 14.6 Å². The van der Waals surface area contributed by atoms with Crippen molar-refractivity contribution in [2.45, 2.75) is 44.8 Å². The number of benzene rings is 1. The molecule has 1 aliphatic carbocycles. The number of aliphatic hydroxyl groups is 1. The van der Waals surface area contributed by atoms with E-state index in [4.69, 9.17) is 4.74 Å². The smallest absolute Gasteiger partial charge is 0.226 e. The van der Waals surface area contributed by atoms with Gasteiger partial charge in [0.05, 0.1) is 19.1 Å². The number of amides is 1. The van der Waals surface area contributed by atoms with Crippen LogP contribution in [0.4, 0.5) is 0 Å². The Labute approximate surface area is 120 Å². The summed E-state index contributed by atoms with van der Waals surface area (Å²) in [6.45, 7) is 1.76. The Morgan fingerprint density at radius 1 is 1.30 bits per heavy atom. The molecule has 1 saturated carbocycles. The van der Waals surface area contributed by atoms with Gasteiger partial charge in [-0.3, -0.25) is 4.79 Å². The molecule has 4 nitrogen and oxygen atoms in total. The lowest BCUT2D eigenvalue weighted by molar-refractivity contribution is -0.128. The van der Waals surface area contributed by atoms with Gasteiger partial charge >= 0.3 is 0 Å². The van der Waals surface area contributed by atoms with E-state index in [1.54, 1.807) is 38.3 Å². The molecule has 20 heavy (non-hydrogen) atoms. The maximum Gasteiger partial charge on any atom is 0.226 e. The van der Waals surface area contributed by atoms with Crippen LogP contribution in [0.3, 0.4) is 0 Å². The molecule has 2 atom stereocenters. The number of ether oxygens (including phenoxy) is 1. The third-order valence-corrected chi connectivity index (χ3v) is 4.05. The zero-order valence-corrected chi connectivity index (χ0v) is 12.1. The van der Waals surface area contributed by atoms with Gasteiger partial charge in [-0.15, -0.1) is 0 Å². The molecule has 0 spiro atoms. The maximum atomic E-state index is 12.1. The normalized spacial score (nSPS) is 18.6. The monoisotopic (exact) mass is 277 g/mol. The van der Waals surface area contributed by atoms with E-state index in [0.717, 1.165) is 24.2 Å². The minimum absolute atomic E-state index is 0.0692. The van der Waals surface area contributed by atoms with Gasteiger partial charge in [0.1, 0.15) is 5.75 Å². The summed E-state index contributed by atoms with van der Waals surface area (Å²) in [7, 11) is 1.60. The number of nitrogens with one attached hydrogen (secondary N) is 1. The van der Waals surface area contributed by atoms with E-state index >= 15 is 0 Å². The zero-order chi connectivity index (χ0) is 14.5. The van der Waals surface area contributed by atoms with Crippen molar-refractivity contribution in [3.05, 3.63) is 29.8 Å². The van der Waals surface area contributed by atoms with Crippen molar-refractivity contribution in [3.8, 4) is 5.75 Å². The summed E-state index contributed by atoms with van der Waals surface area (Å²) in [5, 5.41) is 13.3. The van der Waals surface area contributed by atoms with Crippen LogP contribution in [0.5, 0.6) is 5.75 Å². The first-order valence-electron chi connectivity index (χ1n) is 7.24. The Morgan fingerprint density at radius 3 is 2.45 bits per heavy atom. The van der Waals surface area contributed by atoms with Crippen molar-refractivity contribution in [1.82, 2.24) is 5.32 Å². The second-order valence-corrected chi connectivity index (χ2v) is 5.50. The largest absolute Gasteiger partial charge is 0.497 e. The molecule has 0 saturated heterocycles. The molecule has 1 aromatic rings. The number of carbonyl (C=O) groups excluding carboxylic acids is 1. The number of hydrogen-bond donors (Lipinski definition) is 2. The first kappa shape index (κ1) is 14.9. The standard InChI is InChI=1S/C16H23NO3/c1-11(16(19)17-13-5-3-4-6-13)15(18)12-7-9-14(20-2)10-8-12/h7-11,13,15,18H,3-6H2,1-2H3,(H,17,19). The molecule has 0 heterocycles. The highest BCUT2D eigenvalue weighted by molar-refractivity contribution is 5.79. The molecule has 1 aliphatic rings. The quantitative estimate of drug-likeness (QED) is 0.869. The summed E-state index contributed by atoms with van der Waals surface area (Å²) in [5.41, 5.74) is 0.736. The molecule has 1 aromatic carbocycles. The highest BCUT2D eigenvalue weighted by Gasteiger charge is 2.26. The summed E-state index contributed by atoms with van der Waals surface area (Å²) >= 11 is 0. The van der Waals surface area contributed by atoms with Crippen LogP contribution in [0, 0.1) is 5.92 Å². The molecular weight excluding hydrogens is 254 g/mol. The fourth-order valence-electron chi connectivity index (χ4n) is 2.64. The van der Waals surface area contributed by atoms with Gasteiger partial charge in [-0.1, -0.05) is 31.9 Å². The fourth-order valence-corrected chi connectivity index (χ4v) is 2.64. The lowest BCUT2D eigenvalue weighted by atomic mass is 9.96. The Kier molecular flexibility index (Phi) is 5.01. The van der Waals surface area contributed by atoms with Crippen LogP contribution in [0.15, 0.2) is 24.3 Å². The van der Waals surface area contributed by atoms with Gasteiger partial charge in [0.15, 0.2) is 0 Å². The fraction of sp³-hybridized carbons (Fsp3) is 0.562. The Hall–Kier alpha value is -1.55. The second-order valence-electron chi connectivity index (χ2n) is 5.50. The highest BCUT2D eigenvalue weighted by Crippen LogP contribution is 2.25. The average molecular weight is 277 g/mol. The van der Waals surface area contributed by atoms with Gasteiger partial charge in [0.25, 0.3) is 0 Å². The number of rotatable bonds is 5. The molecule has 2 unspecified atom stereocenters. The maximum absolute atomic E-state index is 12.1. The van der Waals surface area contributed by atoms with E-state index in [1.807, 2.05) is 0 Å². The van der Waals surface area contributed by atoms with E-state index in [1.165, 1.54) is 12.8 Å². The summed E-state index contributed by atoms with van der Waals surface area (Å²) in [5.74, 6) is 0.216. The molecule has 0 radical (unpaired) electrons. The molecule has 4 heteroatoms. The van der Waals surface area contributed by atoms with E-state index in [0.29, 0.717) is 0 Å². The van der Waals surface area contributed by atoms with Crippen LogP contribution in [-0.2, 0) is 4.79 Å². The molecule has 1 fully saturated rings. The summed E-state index contributed by atoms with van der Waals surface area (Å²) < 4.78 is 5.08. The lowest BCUT2D eigenvalue weighted by Gasteiger charge is -2.21. The number of aliphatic hydroxyl groups excluding tert-OH is 1. The van der Waals surface area contributed by atoms with Crippen molar-refractivity contribution in [3.63, 3.8) is 0 Å². The molecule has 0 aromatic heterocycles. The van der Waals surface area contributed by atoms with Crippen LogP contribution in [0.2, 0.25) is 0 Å². The predicted octanol–water partition coefficient (Wildman–Crippen LogP) is 2.42. The van der Waals surface area contributed by atoms with Crippen molar-refractivity contribution in [2.75, 3.05) is 7.11 Å². The van der Waals surface area contributed by atoms with Crippen LogP contribution >= 0.6 is 0 Å². The molecule has 110 valence electrons. The second kappa shape index (κ2) is 6.75. The molecule has 2 N–H and O–H groups in total. The minimum Gasteiger partial charge on any atom is -0.497 e. The van der Waals surface area contributed by atoms with Gasteiger partial charge in [-0.25, -0.2) is 0 Å². The van der Waals surface area contributed by atoms with E-state index in [-0.39, 0.29) is 11.9 Å². The van der Waals surface area contributed by atoms with Gasteiger partial charge < -0.3 is 15.2 Å². The summed E-state index contributed by atoms with van der Waals surface area (Å²) in [6, 6.07) is 7.46. The van der Waals surface area contributed by atoms with E-state index < -0.39 is 12.0 Å². The van der Waals surface area contributed by atoms with Crippen LogP contribution < -0.4 is 10.1 Å².